The molecule has 0 spiro atoms. The van der Waals surface area contributed by atoms with Gasteiger partial charge in [-0.25, -0.2) is 14.2 Å². The molecular weight excluding hydrogens is 251 g/mol. The van der Waals surface area contributed by atoms with E-state index in [0.717, 1.165) is 0 Å². The zero-order valence-electron chi connectivity index (χ0n) is 10.6. The number of aromatic carboxylic acids is 1. The second-order valence-corrected chi connectivity index (χ2v) is 3.94. The van der Waals surface area contributed by atoms with Crippen molar-refractivity contribution in [1.29, 1.82) is 0 Å². The molecule has 2 aromatic rings. The third-order valence-electron chi connectivity index (χ3n) is 2.64. The van der Waals surface area contributed by atoms with E-state index in [2.05, 4.69) is 4.98 Å². The molecular formula is C13H13FN2O3. The van der Waals surface area contributed by atoms with Crippen LogP contribution in [-0.4, -0.2) is 27.2 Å². The number of halogens is 1. The molecule has 0 bridgehead atoms. The standard InChI is InChI=1S/C13H13FN2O3/c1-3-19-10-5-4-8(6-9(10)14)12-11(13(17)18)15-7-16(12)2/h4-7H,3H2,1-2H3,(H,17,18). The minimum absolute atomic E-state index is 0.106. The van der Waals surface area contributed by atoms with Gasteiger partial charge in [-0.05, 0) is 25.1 Å². The number of imidazole rings is 1. The Balaban J connectivity index is 2.51. The fourth-order valence-corrected chi connectivity index (χ4v) is 1.85. The minimum Gasteiger partial charge on any atom is -0.491 e. The van der Waals surface area contributed by atoms with Crippen molar-refractivity contribution < 1.29 is 19.0 Å². The Hall–Kier alpha value is -2.37. The molecule has 6 heteroatoms. The van der Waals surface area contributed by atoms with Crippen LogP contribution in [0.2, 0.25) is 0 Å². The number of aromatic nitrogens is 2. The summed E-state index contributed by atoms with van der Waals surface area (Å²) in [5, 5.41) is 9.05. The van der Waals surface area contributed by atoms with Gasteiger partial charge in [0.25, 0.3) is 0 Å². The molecule has 0 unspecified atom stereocenters. The molecule has 0 aliphatic carbocycles. The smallest absolute Gasteiger partial charge is 0.356 e. The van der Waals surface area contributed by atoms with E-state index in [1.165, 1.54) is 18.5 Å². The molecule has 1 heterocycles. The molecule has 0 amide bonds. The molecule has 1 aromatic heterocycles. The van der Waals surface area contributed by atoms with E-state index in [4.69, 9.17) is 9.84 Å². The average molecular weight is 264 g/mol. The average Bonchev–Trinajstić information content (AvgIpc) is 2.74. The van der Waals surface area contributed by atoms with Crippen molar-refractivity contribution >= 4 is 5.97 Å². The molecule has 0 saturated carbocycles. The highest BCUT2D eigenvalue weighted by molar-refractivity contribution is 5.93. The lowest BCUT2D eigenvalue weighted by atomic mass is 10.1. The van der Waals surface area contributed by atoms with Crippen molar-refractivity contribution in [3.8, 4) is 17.0 Å². The van der Waals surface area contributed by atoms with Gasteiger partial charge in [0, 0.05) is 12.6 Å². The molecule has 1 N–H and O–H groups in total. The lowest BCUT2D eigenvalue weighted by Gasteiger charge is -2.08. The van der Waals surface area contributed by atoms with E-state index in [-0.39, 0.29) is 11.4 Å². The summed E-state index contributed by atoms with van der Waals surface area (Å²) in [5.41, 5.74) is 0.693. The van der Waals surface area contributed by atoms with Crippen molar-refractivity contribution in [2.75, 3.05) is 6.61 Å². The maximum absolute atomic E-state index is 13.8. The molecule has 0 saturated heterocycles. The van der Waals surface area contributed by atoms with Gasteiger partial charge in [0.05, 0.1) is 18.6 Å². The van der Waals surface area contributed by atoms with Crippen LogP contribution in [0.1, 0.15) is 17.4 Å². The summed E-state index contributed by atoms with van der Waals surface area (Å²) in [7, 11) is 1.66. The summed E-state index contributed by atoms with van der Waals surface area (Å²) in [6.45, 7) is 2.12. The molecule has 19 heavy (non-hydrogen) atoms. The summed E-state index contributed by atoms with van der Waals surface area (Å²) in [6.07, 6.45) is 1.38. The summed E-state index contributed by atoms with van der Waals surface area (Å²) >= 11 is 0. The number of rotatable bonds is 4. The van der Waals surface area contributed by atoms with E-state index in [1.54, 1.807) is 24.6 Å². The first kappa shape index (κ1) is 13.1. The van der Waals surface area contributed by atoms with Crippen LogP contribution in [0, 0.1) is 5.82 Å². The first-order chi connectivity index (χ1) is 9.04. The molecule has 0 radical (unpaired) electrons. The van der Waals surface area contributed by atoms with Crippen molar-refractivity contribution in [1.82, 2.24) is 9.55 Å². The summed E-state index contributed by atoms with van der Waals surface area (Å²) in [4.78, 5) is 14.9. The molecule has 100 valence electrons. The minimum atomic E-state index is -1.15. The molecule has 5 nitrogen and oxygen atoms in total. The highest BCUT2D eigenvalue weighted by Crippen LogP contribution is 2.27. The van der Waals surface area contributed by atoms with Crippen LogP contribution in [0.15, 0.2) is 24.5 Å². The van der Waals surface area contributed by atoms with E-state index in [1.807, 2.05) is 0 Å². The molecule has 1 aromatic carbocycles. The predicted molar refractivity (Wildman–Crippen MR) is 66.7 cm³/mol. The lowest BCUT2D eigenvalue weighted by molar-refractivity contribution is 0.0692. The molecule has 0 aliphatic heterocycles. The fourth-order valence-electron chi connectivity index (χ4n) is 1.85. The number of ether oxygens (including phenoxy) is 1. The van der Waals surface area contributed by atoms with Gasteiger partial charge in [-0.2, -0.15) is 0 Å². The van der Waals surface area contributed by atoms with Crippen LogP contribution in [0.3, 0.4) is 0 Å². The zero-order chi connectivity index (χ0) is 14.0. The topological polar surface area (TPSA) is 64.3 Å². The number of carboxylic acids is 1. The monoisotopic (exact) mass is 264 g/mol. The van der Waals surface area contributed by atoms with Gasteiger partial charge in [0.1, 0.15) is 0 Å². The van der Waals surface area contributed by atoms with E-state index in [9.17, 15) is 9.18 Å². The van der Waals surface area contributed by atoms with Crippen LogP contribution < -0.4 is 4.74 Å². The SMILES string of the molecule is CCOc1ccc(-c2c(C(=O)O)ncn2C)cc1F. The number of benzene rings is 1. The summed E-state index contributed by atoms with van der Waals surface area (Å²) in [6, 6.07) is 4.33. The number of aryl methyl sites for hydroxylation is 1. The molecule has 2 rings (SSSR count). The first-order valence-electron chi connectivity index (χ1n) is 5.72. The third-order valence-corrected chi connectivity index (χ3v) is 2.64. The van der Waals surface area contributed by atoms with E-state index < -0.39 is 11.8 Å². The van der Waals surface area contributed by atoms with E-state index >= 15 is 0 Å². The Morgan fingerprint density at radius 2 is 2.26 bits per heavy atom. The highest BCUT2D eigenvalue weighted by Gasteiger charge is 2.18. The summed E-state index contributed by atoms with van der Waals surface area (Å²) in [5.74, 6) is -1.54. The maximum Gasteiger partial charge on any atom is 0.356 e. The van der Waals surface area contributed by atoms with Crippen LogP contribution in [-0.2, 0) is 7.05 Å². The van der Waals surface area contributed by atoms with Gasteiger partial charge in [-0.1, -0.05) is 0 Å². The van der Waals surface area contributed by atoms with Gasteiger partial charge >= 0.3 is 5.97 Å². The van der Waals surface area contributed by atoms with Crippen molar-refractivity contribution in [2.45, 2.75) is 6.92 Å². The third kappa shape index (κ3) is 2.42. The molecule has 0 fully saturated rings. The highest BCUT2D eigenvalue weighted by atomic mass is 19.1. The van der Waals surface area contributed by atoms with Crippen molar-refractivity contribution in [3.63, 3.8) is 0 Å². The number of hydrogen-bond acceptors (Lipinski definition) is 3. The normalized spacial score (nSPS) is 10.5. The van der Waals surface area contributed by atoms with Gasteiger partial charge in [-0.3, -0.25) is 0 Å². The van der Waals surface area contributed by atoms with Crippen LogP contribution in [0.4, 0.5) is 4.39 Å². The number of carboxylic acid groups (broad SMARTS) is 1. The fraction of sp³-hybridized carbons (Fsp3) is 0.231. The van der Waals surface area contributed by atoms with Gasteiger partial charge in [-0.15, -0.1) is 0 Å². The first-order valence-corrected chi connectivity index (χ1v) is 5.72. The van der Waals surface area contributed by atoms with Crippen LogP contribution >= 0.6 is 0 Å². The van der Waals surface area contributed by atoms with Crippen molar-refractivity contribution in [3.05, 3.63) is 36.0 Å². The Morgan fingerprint density at radius 1 is 1.53 bits per heavy atom. The molecule has 0 aliphatic rings. The summed E-state index contributed by atoms with van der Waals surface area (Å²) < 4.78 is 20.4. The number of carbonyl (C=O) groups is 1. The van der Waals surface area contributed by atoms with Gasteiger partial charge in [0.2, 0.25) is 0 Å². The Bertz CT molecular complexity index is 622. The quantitative estimate of drug-likeness (QED) is 0.920. The second-order valence-electron chi connectivity index (χ2n) is 3.94. The maximum atomic E-state index is 13.8. The molecule has 0 atom stereocenters. The van der Waals surface area contributed by atoms with Gasteiger partial charge < -0.3 is 14.4 Å². The Morgan fingerprint density at radius 3 is 2.84 bits per heavy atom. The zero-order valence-corrected chi connectivity index (χ0v) is 10.6. The Labute approximate surface area is 109 Å². The predicted octanol–water partition coefficient (Wildman–Crippen LogP) is 2.32. The second kappa shape index (κ2) is 5.09. The lowest BCUT2D eigenvalue weighted by Crippen LogP contribution is -2.02. The van der Waals surface area contributed by atoms with Gasteiger partial charge in [0.15, 0.2) is 17.3 Å². The van der Waals surface area contributed by atoms with Crippen LogP contribution in [0.5, 0.6) is 5.75 Å². The van der Waals surface area contributed by atoms with E-state index in [0.29, 0.717) is 17.9 Å². The van der Waals surface area contributed by atoms with Crippen molar-refractivity contribution in [2.24, 2.45) is 7.05 Å². The Kier molecular flexibility index (Phi) is 3.50. The number of hydrogen-bond donors (Lipinski definition) is 1. The largest absolute Gasteiger partial charge is 0.491 e. The number of nitrogens with zero attached hydrogens (tertiary/aromatic N) is 2. The van der Waals surface area contributed by atoms with Crippen LogP contribution in [0.25, 0.3) is 11.3 Å².